The van der Waals surface area contributed by atoms with Gasteiger partial charge in [-0.2, -0.15) is 8.78 Å². The molecule has 0 saturated heterocycles. The number of carbonyl (C=O) groups excluding carboxylic acids is 2. The number of rotatable bonds is 6. The van der Waals surface area contributed by atoms with Crippen molar-refractivity contribution in [3.8, 4) is 16.9 Å². The molecule has 3 rings (SSSR count). The lowest BCUT2D eigenvalue weighted by Gasteiger charge is -2.11. The molecule has 3 aromatic rings. The highest BCUT2D eigenvalue weighted by Gasteiger charge is 2.24. The van der Waals surface area contributed by atoms with Gasteiger partial charge in [0.2, 0.25) is 0 Å². The Hall–Kier alpha value is -3.26. The van der Waals surface area contributed by atoms with Gasteiger partial charge < -0.3 is 15.8 Å². The van der Waals surface area contributed by atoms with Crippen molar-refractivity contribution in [1.29, 1.82) is 0 Å². The van der Waals surface area contributed by atoms with Crippen molar-refractivity contribution in [1.82, 2.24) is 0 Å². The summed E-state index contributed by atoms with van der Waals surface area (Å²) in [4.78, 5) is 25.6. The van der Waals surface area contributed by atoms with Crippen LogP contribution in [0.1, 0.15) is 25.6 Å². The predicted octanol–water partition coefficient (Wildman–Crippen LogP) is 4.68. The Morgan fingerprint density at radius 3 is 2.36 bits per heavy atom. The van der Waals surface area contributed by atoms with Crippen LogP contribution in [0.25, 0.3) is 11.1 Å². The number of anilines is 1. The van der Waals surface area contributed by atoms with Crippen molar-refractivity contribution >= 4 is 28.2 Å². The molecule has 0 radical (unpaired) electrons. The molecule has 0 atom stereocenters. The Balaban J connectivity index is 2.00. The average molecular weight is 402 g/mol. The van der Waals surface area contributed by atoms with Gasteiger partial charge in [-0.15, -0.1) is 11.3 Å². The molecule has 1 aromatic heterocycles. The van der Waals surface area contributed by atoms with E-state index in [0.29, 0.717) is 5.56 Å². The van der Waals surface area contributed by atoms with Gasteiger partial charge in [0.1, 0.15) is 10.8 Å². The molecule has 3 N–H and O–H groups in total. The lowest BCUT2D eigenvalue weighted by atomic mass is 10.0. The summed E-state index contributed by atoms with van der Waals surface area (Å²) in [5, 5.41) is 2.86. The zero-order chi connectivity index (χ0) is 20.3. The minimum Gasteiger partial charge on any atom is -0.434 e. The van der Waals surface area contributed by atoms with E-state index in [0.717, 1.165) is 10.4 Å². The normalized spacial score (nSPS) is 10.7. The first-order valence-electron chi connectivity index (χ1n) is 8.22. The van der Waals surface area contributed by atoms with Crippen LogP contribution in [0.15, 0.2) is 54.6 Å². The van der Waals surface area contributed by atoms with Gasteiger partial charge in [0.05, 0.1) is 11.1 Å². The van der Waals surface area contributed by atoms with Crippen molar-refractivity contribution in [2.45, 2.75) is 13.5 Å². The predicted molar refractivity (Wildman–Crippen MR) is 104 cm³/mol. The average Bonchev–Trinajstić information content (AvgIpc) is 2.98. The molecule has 0 saturated carbocycles. The molecular formula is C20H16F2N2O3S. The van der Waals surface area contributed by atoms with Crippen LogP contribution in [0.2, 0.25) is 0 Å². The minimum absolute atomic E-state index is 0.0782. The second kappa shape index (κ2) is 8.18. The summed E-state index contributed by atoms with van der Waals surface area (Å²) in [5.74, 6) is -1.64. The maximum absolute atomic E-state index is 12.7. The van der Waals surface area contributed by atoms with Gasteiger partial charge >= 0.3 is 6.61 Å². The second-order valence-electron chi connectivity index (χ2n) is 5.80. The van der Waals surface area contributed by atoms with Crippen LogP contribution in [-0.4, -0.2) is 18.4 Å². The van der Waals surface area contributed by atoms with Gasteiger partial charge in [-0.05, 0) is 24.6 Å². The number of hydrogen-bond donors (Lipinski definition) is 2. The van der Waals surface area contributed by atoms with Crippen molar-refractivity contribution in [2.75, 3.05) is 5.32 Å². The molecule has 8 heteroatoms. The molecule has 0 fully saturated rings. The van der Waals surface area contributed by atoms with Gasteiger partial charge in [0, 0.05) is 10.4 Å². The highest BCUT2D eigenvalue weighted by atomic mass is 32.1. The Morgan fingerprint density at radius 1 is 1.07 bits per heavy atom. The molecule has 5 nitrogen and oxygen atoms in total. The molecule has 0 spiro atoms. The number of amides is 2. The zero-order valence-electron chi connectivity index (χ0n) is 14.7. The lowest BCUT2D eigenvalue weighted by Crippen LogP contribution is -2.18. The number of thiophene rings is 1. The summed E-state index contributed by atoms with van der Waals surface area (Å²) in [6.07, 6.45) is 0. The highest BCUT2D eigenvalue weighted by Crippen LogP contribution is 2.40. The SMILES string of the molecule is Cc1sc(NC(=O)c2ccccc2OC(F)F)c(C(N)=O)c1-c1ccccc1. The molecule has 1 heterocycles. The maximum Gasteiger partial charge on any atom is 0.387 e. The Morgan fingerprint density at radius 2 is 1.71 bits per heavy atom. The van der Waals surface area contributed by atoms with Crippen LogP contribution in [-0.2, 0) is 0 Å². The zero-order valence-corrected chi connectivity index (χ0v) is 15.6. The van der Waals surface area contributed by atoms with Gasteiger partial charge in [-0.1, -0.05) is 42.5 Å². The number of nitrogens with one attached hydrogen (secondary N) is 1. The molecule has 0 aliphatic carbocycles. The Bertz CT molecular complexity index is 1020. The number of hydrogen-bond acceptors (Lipinski definition) is 4. The van der Waals surface area contributed by atoms with E-state index in [-0.39, 0.29) is 21.9 Å². The molecule has 0 unspecified atom stereocenters. The van der Waals surface area contributed by atoms with E-state index in [4.69, 9.17) is 5.73 Å². The van der Waals surface area contributed by atoms with E-state index in [1.54, 1.807) is 0 Å². The number of alkyl halides is 2. The summed E-state index contributed by atoms with van der Waals surface area (Å²) < 4.78 is 29.6. The summed E-state index contributed by atoms with van der Waals surface area (Å²) in [6.45, 7) is -1.26. The van der Waals surface area contributed by atoms with Crippen molar-refractivity contribution in [3.05, 3.63) is 70.6 Å². The van der Waals surface area contributed by atoms with Crippen LogP contribution in [0.5, 0.6) is 5.75 Å². The third-order valence-electron chi connectivity index (χ3n) is 3.97. The standard InChI is InChI=1S/C20H16F2N2O3S/c1-11-15(12-7-3-2-4-8-12)16(17(23)25)19(28-11)24-18(26)13-9-5-6-10-14(13)27-20(21)22/h2-10,20H,1H3,(H2,23,25)(H,24,26). The Labute approximate surface area is 163 Å². The van der Waals surface area contributed by atoms with Crippen molar-refractivity contribution in [3.63, 3.8) is 0 Å². The van der Waals surface area contributed by atoms with Gasteiger partial charge in [0.15, 0.2) is 0 Å². The van der Waals surface area contributed by atoms with Crippen LogP contribution in [0.3, 0.4) is 0 Å². The first-order chi connectivity index (χ1) is 13.4. The fraction of sp³-hybridized carbons (Fsp3) is 0.100. The van der Waals surface area contributed by atoms with Gasteiger partial charge in [-0.25, -0.2) is 0 Å². The number of benzene rings is 2. The lowest BCUT2D eigenvalue weighted by molar-refractivity contribution is -0.0501. The number of aryl methyl sites for hydroxylation is 1. The van der Waals surface area contributed by atoms with E-state index >= 15 is 0 Å². The number of primary amides is 1. The van der Waals surface area contributed by atoms with Crippen molar-refractivity contribution in [2.24, 2.45) is 5.73 Å². The monoisotopic (exact) mass is 402 g/mol. The smallest absolute Gasteiger partial charge is 0.387 e. The largest absolute Gasteiger partial charge is 0.434 e. The number of carbonyl (C=O) groups is 2. The number of ether oxygens (including phenoxy) is 1. The topological polar surface area (TPSA) is 81.4 Å². The number of para-hydroxylation sites is 1. The van der Waals surface area contributed by atoms with E-state index in [1.807, 2.05) is 37.3 Å². The molecule has 2 amide bonds. The molecule has 144 valence electrons. The molecule has 0 aliphatic rings. The molecule has 0 aliphatic heterocycles. The molecular weight excluding hydrogens is 386 g/mol. The quantitative estimate of drug-likeness (QED) is 0.628. The van der Waals surface area contributed by atoms with Crippen LogP contribution in [0, 0.1) is 6.92 Å². The third kappa shape index (κ3) is 4.01. The summed E-state index contributed by atoms with van der Waals surface area (Å²) >= 11 is 1.19. The van der Waals surface area contributed by atoms with Gasteiger partial charge in [0.25, 0.3) is 11.8 Å². The number of halogens is 2. The summed E-state index contributed by atoms with van der Waals surface area (Å²) in [7, 11) is 0. The number of nitrogens with two attached hydrogens (primary N) is 1. The van der Waals surface area contributed by atoms with Crippen LogP contribution >= 0.6 is 11.3 Å². The first kappa shape index (κ1) is 19.5. The molecule has 28 heavy (non-hydrogen) atoms. The van der Waals surface area contributed by atoms with E-state index in [1.165, 1.54) is 35.6 Å². The molecule has 0 bridgehead atoms. The van der Waals surface area contributed by atoms with E-state index in [9.17, 15) is 18.4 Å². The first-order valence-corrected chi connectivity index (χ1v) is 9.04. The van der Waals surface area contributed by atoms with Gasteiger partial charge in [-0.3, -0.25) is 9.59 Å². The fourth-order valence-electron chi connectivity index (χ4n) is 2.84. The molecule has 2 aromatic carbocycles. The second-order valence-corrected chi connectivity index (χ2v) is 7.02. The maximum atomic E-state index is 12.7. The summed E-state index contributed by atoms with van der Waals surface area (Å²) in [5.41, 5.74) is 7.08. The van der Waals surface area contributed by atoms with E-state index < -0.39 is 18.4 Å². The van der Waals surface area contributed by atoms with Crippen LogP contribution in [0.4, 0.5) is 13.8 Å². The highest BCUT2D eigenvalue weighted by molar-refractivity contribution is 7.17. The minimum atomic E-state index is -3.07. The van der Waals surface area contributed by atoms with E-state index in [2.05, 4.69) is 10.1 Å². The fourth-order valence-corrected chi connectivity index (χ4v) is 3.92. The Kier molecular flexibility index (Phi) is 5.70. The van der Waals surface area contributed by atoms with Crippen LogP contribution < -0.4 is 15.8 Å². The third-order valence-corrected chi connectivity index (χ3v) is 4.99. The summed E-state index contributed by atoms with van der Waals surface area (Å²) in [6, 6.07) is 14.8. The van der Waals surface area contributed by atoms with Crippen molar-refractivity contribution < 1.29 is 23.1 Å².